The molecule has 2 N–H and O–H groups in total. The molecule has 0 fully saturated rings. The number of aromatic nitrogens is 2. The molecule has 3 rings (SSSR count). The van der Waals surface area contributed by atoms with Crippen LogP contribution in [0.15, 0.2) is 48.8 Å². The van der Waals surface area contributed by atoms with Crippen molar-refractivity contribution in [1.29, 1.82) is 0 Å². The highest BCUT2D eigenvalue weighted by molar-refractivity contribution is 14.1. The third kappa shape index (κ3) is 2.46. The Kier molecular flexibility index (Phi) is 3.20. The summed E-state index contributed by atoms with van der Waals surface area (Å²) in [5.74, 6) is 1.31. The standard InChI is InChI=1S/C14H10IN3O/c15-11-3-1-2-4-13(11)19-14-10-6-5-9(16)7-12(10)17-8-18-14/h1-8H,16H2. The SMILES string of the molecule is Nc1ccc2c(Oc3ccccc3I)ncnc2c1. The Morgan fingerprint density at radius 3 is 2.74 bits per heavy atom. The molecule has 2 aromatic carbocycles. The van der Waals surface area contributed by atoms with Crippen LogP contribution in [0.5, 0.6) is 11.6 Å². The second-order valence-electron chi connectivity index (χ2n) is 3.99. The van der Waals surface area contributed by atoms with Gasteiger partial charge in [0.2, 0.25) is 5.88 Å². The highest BCUT2D eigenvalue weighted by Crippen LogP contribution is 2.30. The maximum atomic E-state index is 5.86. The van der Waals surface area contributed by atoms with Gasteiger partial charge in [-0.2, -0.15) is 0 Å². The number of rotatable bonds is 2. The van der Waals surface area contributed by atoms with Gasteiger partial charge in [-0.3, -0.25) is 0 Å². The lowest BCUT2D eigenvalue weighted by molar-refractivity contribution is 0.465. The van der Waals surface area contributed by atoms with Gasteiger partial charge in [-0.05, 0) is 52.9 Å². The Morgan fingerprint density at radius 1 is 1.05 bits per heavy atom. The van der Waals surface area contributed by atoms with E-state index >= 15 is 0 Å². The van der Waals surface area contributed by atoms with Crippen LogP contribution in [0.4, 0.5) is 5.69 Å². The van der Waals surface area contributed by atoms with Crippen LogP contribution >= 0.6 is 22.6 Å². The molecular formula is C14H10IN3O. The van der Waals surface area contributed by atoms with Gasteiger partial charge in [0.05, 0.1) is 14.5 Å². The molecule has 1 heterocycles. The van der Waals surface area contributed by atoms with E-state index < -0.39 is 0 Å². The van der Waals surface area contributed by atoms with Gasteiger partial charge in [0.1, 0.15) is 12.1 Å². The molecule has 94 valence electrons. The molecule has 5 heteroatoms. The smallest absolute Gasteiger partial charge is 0.230 e. The molecule has 0 radical (unpaired) electrons. The van der Waals surface area contributed by atoms with E-state index in [1.807, 2.05) is 36.4 Å². The molecule has 0 aliphatic carbocycles. The number of hydrogen-bond acceptors (Lipinski definition) is 4. The molecule has 3 aromatic rings. The van der Waals surface area contributed by atoms with Crippen LogP contribution in [0, 0.1) is 3.57 Å². The van der Waals surface area contributed by atoms with E-state index in [0.717, 1.165) is 20.2 Å². The zero-order chi connectivity index (χ0) is 13.2. The molecule has 1 aromatic heterocycles. The number of anilines is 1. The summed E-state index contributed by atoms with van der Waals surface area (Å²) in [4.78, 5) is 8.39. The number of nitrogens with two attached hydrogens (primary N) is 1. The first-order chi connectivity index (χ1) is 9.24. The van der Waals surface area contributed by atoms with Gasteiger partial charge < -0.3 is 10.5 Å². The molecule has 0 unspecified atom stereocenters. The fourth-order valence-corrected chi connectivity index (χ4v) is 2.26. The minimum Gasteiger partial charge on any atom is -0.437 e. The Morgan fingerprint density at radius 2 is 1.89 bits per heavy atom. The molecule has 0 aliphatic heterocycles. The number of hydrogen-bond donors (Lipinski definition) is 1. The fraction of sp³-hybridized carbons (Fsp3) is 0. The zero-order valence-corrected chi connectivity index (χ0v) is 12.0. The normalized spacial score (nSPS) is 10.6. The average molecular weight is 363 g/mol. The highest BCUT2D eigenvalue weighted by Gasteiger charge is 2.08. The fourth-order valence-electron chi connectivity index (χ4n) is 1.76. The number of benzene rings is 2. The van der Waals surface area contributed by atoms with Gasteiger partial charge in [-0.15, -0.1) is 0 Å². The molecule has 0 saturated heterocycles. The molecule has 0 atom stereocenters. The van der Waals surface area contributed by atoms with Crippen molar-refractivity contribution in [2.75, 3.05) is 5.73 Å². The van der Waals surface area contributed by atoms with E-state index in [0.29, 0.717) is 11.6 Å². The van der Waals surface area contributed by atoms with Crippen molar-refractivity contribution < 1.29 is 4.74 Å². The topological polar surface area (TPSA) is 61.0 Å². The average Bonchev–Trinajstić information content (AvgIpc) is 2.41. The summed E-state index contributed by atoms with van der Waals surface area (Å²) in [6, 6.07) is 13.3. The molecular weight excluding hydrogens is 353 g/mol. The summed E-state index contributed by atoms with van der Waals surface area (Å²) in [6.07, 6.45) is 1.48. The van der Waals surface area contributed by atoms with Crippen molar-refractivity contribution in [2.45, 2.75) is 0 Å². The van der Waals surface area contributed by atoms with Crippen LogP contribution in [-0.2, 0) is 0 Å². The predicted molar refractivity (Wildman–Crippen MR) is 83.2 cm³/mol. The van der Waals surface area contributed by atoms with Crippen LogP contribution < -0.4 is 10.5 Å². The maximum Gasteiger partial charge on any atom is 0.230 e. The van der Waals surface area contributed by atoms with Crippen molar-refractivity contribution in [1.82, 2.24) is 9.97 Å². The largest absolute Gasteiger partial charge is 0.437 e. The van der Waals surface area contributed by atoms with Gasteiger partial charge in [-0.1, -0.05) is 12.1 Å². The number of halogens is 1. The van der Waals surface area contributed by atoms with Crippen molar-refractivity contribution in [3.63, 3.8) is 0 Å². The highest BCUT2D eigenvalue weighted by atomic mass is 127. The molecule has 0 bridgehead atoms. The van der Waals surface area contributed by atoms with Crippen LogP contribution in [0.2, 0.25) is 0 Å². The van der Waals surface area contributed by atoms with Crippen molar-refractivity contribution in [2.24, 2.45) is 0 Å². The van der Waals surface area contributed by atoms with E-state index in [4.69, 9.17) is 10.5 Å². The van der Waals surface area contributed by atoms with Gasteiger partial charge >= 0.3 is 0 Å². The summed E-state index contributed by atoms with van der Waals surface area (Å²) in [7, 11) is 0. The number of nitrogen functional groups attached to an aromatic ring is 1. The van der Waals surface area contributed by atoms with Crippen molar-refractivity contribution in [3.05, 3.63) is 52.4 Å². The number of fused-ring (bicyclic) bond motifs is 1. The molecule has 0 spiro atoms. The Labute approximate surface area is 123 Å². The Bertz CT molecular complexity index is 746. The number of ether oxygens (including phenoxy) is 1. The first-order valence-corrected chi connectivity index (χ1v) is 6.74. The van der Waals surface area contributed by atoms with E-state index in [-0.39, 0.29) is 0 Å². The summed E-state index contributed by atoms with van der Waals surface area (Å²) in [5.41, 5.74) is 7.19. The van der Waals surface area contributed by atoms with Crippen LogP contribution in [-0.4, -0.2) is 9.97 Å². The monoisotopic (exact) mass is 363 g/mol. The number of nitrogens with zero attached hydrogens (tertiary/aromatic N) is 2. The lowest BCUT2D eigenvalue weighted by Crippen LogP contribution is -1.93. The molecule has 0 saturated carbocycles. The minimum atomic E-state index is 0.536. The quantitative estimate of drug-likeness (QED) is 0.558. The molecule has 0 aliphatic rings. The molecule has 4 nitrogen and oxygen atoms in total. The van der Waals surface area contributed by atoms with Crippen LogP contribution in [0.3, 0.4) is 0 Å². The second kappa shape index (κ2) is 5.00. The van der Waals surface area contributed by atoms with Crippen molar-refractivity contribution in [3.8, 4) is 11.6 Å². The van der Waals surface area contributed by atoms with Gasteiger partial charge in [0.25, 0.3) is 0 Å². The Balaban J connectivity index is 2.09. The van der Waals surface area contributed by atoms with Crippen LogP contribution in [0.1, 0.15) is 0 Å². The van der Waals surface area contributed by atoms with Crippen LogP contribution in [0.25, 0.3) is 10.9 Å². The summed E-state index contributed by atoms with van der Waals surface area (Å²) >= 11 is 2.23. The lowest BCUT2D eigenvalue weighted by atomic mass is 10.2. The second-order valence-corrected chi connectivity index (χ2v) is 5.15. The maximum absolute atomic E-state index is 5.86. The van der Waals surface area contributed by atoms with Gasteiger partial charge in [0, 0.05) is 5.69 Å². The first-order valence-electron chi connectivity index (χ1n) is 5.66. The third-order valence-corrected chi connectivity index (χ3v) is 3.56. The first kappa shape index (κ1) is 12.2. The minimum absolute atomic E-state index is 0.536. The van der Waals surface area contributed by atoms with E-state index in [1.165, 1.54) is 6.33 Å². The third-order valence-electron chi connectivity index (χ3n) is 2.67. The summed E-state index contributed by atoms with van der Waals surface area (Å²) in [5, 5.41) is 0.844. The lowest BCUT2D eigenvalue weighted by Gasteiger charge is -2.08. The van der Waals surface area contributed by atoms with E-state index in [1.54, 1.807) is 6.07 Å². The van der Waals surface area contributed by atoms with Gasteiger partial charge in [0.15, 0.2) is 0 Å². The molecule has 19 heavy (non-hydrogen) atoms. The van der Waals surface area contributed by atoms with Gasteiger partial charge in [-0.25, -0.2) is 9.97 Å². The number of para-hydroxylation sites is 1. The Hall–Kier alpha value is -1.89. The van der Waals surface area contributed by atoms with Crippen molar-refractivity contribution >= 4 is 39.2 Å². The van der Waals surface area contributed by atoms with E-state index in [9.17, 15) is 0 Å². The molecule has 0 amide bonds. The summed E-state index contributed by atoms with van der Waals surface area (Å²) < 4.78 is 6.89. The van der Waals surface area contributed by atoms with E-state index in [2.05, 4.69) is 32.6 Å². The predicted octanol–water partition coefficient (Wildman–Crippen LogP) is 3.61. The zero-order valence-electron chi connectivity index (χ0n) is 9.88. The summed E-state index contributed by atoms with van der Waals surface area (Å²) in [6.45, 7) is 0.